The van der Waals surface area contributed by atoms with Gasteiger partial charge in [0.2, 0.25) is 6.23 Å². The first-order valence-electron chi connectivity index (χ1n) is 5.05. The Bertz CT molecular complexity index is 580. The molecule has 80 valence electrons. The van der Waals surface area contributed by atoms with Crippen LogP contribution >= 0.6 is 0 Å². The molecule has 1 aliphatic rings. The fraction of sp³-hybridized carbons (Fsp3) is 0.0833. The highest BCUT2D eigenvalue weighted by molar-refractivity contribution is 5.91. The van der Waals surface area contributed by atoms with Crippen molar-refractivity contribution in [3.05, 3.63) is 47.3 Å². The fourth-order valence-electron chi connectivity index (χ4n) is 1.99. The van der Waals surface area contributed by atoms with E-state index in [1.165, 1.54) is 6.08 Å². The van der Waals surface area contributed by atoms with Gasteiger partial charge in [-0.15, -0.1) is 0 Å². The number of fused-ring (bicyclic) bond motifs is 3. The Morgan fingerprint density at radius 1 is 1.31 bits per heavy atom. The second kappa shape index (κ2) is 3.38. The van der Waals surface area contributed by atoms with Gasteiger partial charge >= 0.3 is 0 Å². The molecule has 0 radical (unpaired) electrons. The van der Waals surface area contributed by atoms with Crippen LogP contribution in [0.25, 0.3) is 17.0 Å². The molecular weight excluding hydrogens is 204 g/mol. The highest BCUT2D eigenvalue weighted by Gasteiger charge is 2.22. The van der Waals surface area contributed by atoms with Crippen molar-refractivity contribution in [1.82, 2.24) is 4.98 Å². The second-order valence-electron chi connectivity index (χ2n) is 3.77. The molecule has 0 amide bonds. The van der Waals surface area contributed by atoms with E-state index >= 15 is 0 Å². The Kier molecular flexibility index (Phi) is 2.00. The summed E-state index contributed by atoms with van der Waals surface area (Å²) in [5.41, 5.74) is 2.00. The van der Waals surface area contributed by atoms with Crippen LogP contribution in [-0.2, 0) is 0 Å². The summed E-state index contributed by atoms with van der Waals surface area (Å²) in [5.74, 6) is 0. The normalized spacial score (nSPS) is 23.4. The Balaban J connectivity index is 2.37. The molecule has 2 atom stereocenters. The van der Waals surface area contributed by atoms with Crippen LogP contribution in [0.2, 0.25) is 0 Å². The SMILES string of the molecule is [O-][NH+]1c2c(ccc3cccnc23)C=CC1O. The van der Waals surface area contributed by atoms with Gasteiger partial charge in [0, 0.05) is 23.2 Å². The smallest absolute Gasteiger partial charge is 0.213 e. The molecule has 0 bridgehead atoms. The molecule has 0 saturated heterocycles. The van der Waals surface area contributed by atoms with E-state index in [1.54, 1.807) is 12.3 Å². The van der Waals surface area contributed by atoms with Crippen molar-refractivity contribution in [2.24, 2.45) is 0 Å². The third-order valence-electron chi connectivity index (χ3n) is 2.78. The lowest BCUT2D eigenvalue weighted by atomic mass is 10.0. The number of pyridine rings is 1. The molecule has 3 rings (SSSR count). The van der Waals surface area contributed by atoms with E-state index in [1.807, 2.05) is 24.3 Å². The van der Waals surface area contributed by atoms with Crippen molar-refractivity contribution in [2.45, 2.75) is 6.23 Å². The number of benzene rings is 1. The molecule has 16 heavy (non-hydrogen) atoms. The zero-order valence-corrected chi connectivity index (χ0v) is 8.42. The fourth-order valence-corrected chi connectivity index (χ4v) is 1.99. The number of hydroxylamine groups is 1. The summed E-state index contributed by atoms with van der Waals surface area (Å²) in [5, 5.41) is 22.0. The monoisotopic (exact) mass is 214 g/mol. The van der Waals surface area contributed by atoms with E-state index in [0.717, 1.165) is 10.9 Å². The number of nitrogens with one attached hydrogen (secondary N) is 1. The highest BCUT2D eigenvalue weighted by Crippen LogP contribution is 2.25. The Morgan fingerprint density at radius 2 is 2.19 bits per heavy atom. The molecule has 2 heterocycles. The van der Waals surface area contributed by atoms with Crippen LogP contribution < -0.4 is 5.06 Å². The van der Waals surface area contributed by atoms with Crippen molar-refractivity contribution in [3.8, 4) is 0 Å². The predicted octanol–water partition coefficient (Wildman–Crippen LogP) is 0.594. The lowest BCUT2D eigenvalue weighted by Crippen LogP contribution is -3.07. The zero-order chi connectivity index (χ0) is 11.1. The van der Waals surface area contributed by atoms with Crippen molar-refractivity contribution in [2.75, 3.05) is 0 Å². The van der Waals surface area contributed by atoms with Crippen LogP contribution in [0.5, 0.6) is 0 Å². The van der Waals surface area contributed by atoms with Gasteiger partial charge in [-0.1, -0.05) is 12.1 Å². The lowest BCUT2D eigenvalue weighted by Gasteiger charge is -2.29. The number of rotatable bonds is 0. The minimum atomic E-state index is -1.04. The quantitative estimate of drug-likeness (QED) is 0.631. The van der Waals surface area contributed by atoms with Gasteiger partial charge in [-0.25, -0.2) is 4.98 Å². The Morgan fingerprint density at radius 3 is 3.06 bits per heavy atom. The third kappa shape index (κ3) is 1.25. The molecule has 0 aliphatic carbocycles. The molecule has 2 aromatic rings. The van der Waals surface area contributed by atoms with Gasteiger partial charge in [0.25, 0.3) is 0 Å². The van der Waals surface area contributed by atoms with Crippen LogP contribution in [0.1, 0.15) is 5.56 Å². The third-order valence-corrected chi connectivity index (χ3v) is 2.78. The number of hydrogen-bond acceptors (Lipinski definition) is 3. The molecule has 0 fully saturated rings. The molecule has 1 aliphatic heterocycles. The first kappa shape index (κ1) is 9.47. The molecule has 2 N–H and O–H groups in total. The molecule has 2 unspecified atom stereocenters. The van der Waals surface area contributed by atoms with Crippen LogP contribution in [0.4, 0.5) is 5.69 Å². The largest absolute Gasteiger partial charge is 0.627 e. The summed E-state index contributed by atoms with van der Waals surface area (Å²) in [6, 6.07) is 7.53. The Hall–Kier alpha value is -1.75. The van der Waals surface area contributed by atoms with E-state index in [0.29, 0.717) is 11.2 Å². The van der Waals surface area contributed by atoms with Crippen LogP contribution in [0.15, 0.2) is 36.5 Å². The maximum absolute atomic E-state index is 11.9. The van der Waals surface area contributed by atoms with Crippen molar-refractivity contribution in [3.63, 3.8) is 0 Å². The number of quaternary nitrogens is 1. The summed E-state index contributed by atoms with van der Waals surface area (Å²) in [6.07, 6.45) is 3.87. The number of aromatic nitrogens is 1. The van der Waals surface area contributed by atoms with Crippen molar-refractivity contribution in [1.29, 1.82) is 0 Å². The topological polar surface area (TPSA) is 60.6 Å². The van der Waals surface area contributed by atoms with Crippen molar-refractivity contribution < 1.29 is 10.2 Å². The highest BCUT2D eigenvalue weighted by atomic mass is 16.5. The predicted molar refractivity (Wildman–Crippen MR) is 60.8 cm³/mol. The summed E-state index contributed by atoms with van der Waals surface area (Å²) >= 11 is 0. The first-order valence-corrected chi connectivity index (χ1v) is 5.05. The zero-order valence-electron chi connectivity index (χ0n) is 8.42. The second-order valence-corrected chi connectivity index (χ2v) is 3.77. The Labute approximate surface area is 92.0 Å². The van der Waals surface area contributed by atoms with Crippen LogP contribution in [-0.4, -0.2) is 16.3 Å². The van der Waals surface area contributed by atoms with Gasteiger partial charge in [0.05, 0.1) is 0 Å². The average molecular weight is 214 g/mol. The maximum atomic E-state index is 11.9. The number of hydrogen-bond donors (Lipinski definition) is 2. The minimum absolute atomic E-state index is 0.276. The van der Waals surface area contributed by atoms with E-state index in [4.69, 9.17) is 0 Å². The van der Waals surface area contributed by atoms with Crippen LogP contribution in [0, 0.1) is 5.21 Å². The molecule has 1 aromatic heterocycles. The summed E-state index contributed by atoms with van der Waals surface area (Å²) in [4.78, 5) is 4.21. The van der Waals surface area contributed by atoms with Gasteiger partial charge < -0.3 is 15.4 Å². The number of aliphatic hydroxyl groups is 1. The molecule has 4 heteroatoms. The number of nitrogens with zero attached hydrogens (tertiary/aromatic N) is 1. The summed E-state index contributed by atoms with van der Waals surface area (Å²) < 4.78 is 0. The van der Waals surface area contributed by atoms with E-state index in [2.05, 4.69) is 4.98 Å². The molecule has 0 saturated carbocycles. The number of aliphatic hydroxyl groups excluding tert-OH is 1. The minimum Gasteiger partial charge on any atom is -0.627 e. The van der Waals surface area contributed by atoms with Gasteiger partial charge in [0.15, 0.2) is 5.69 Å². The standard InChI is InChI=1S/C12H10N2O2/c15-10-6-5-9-4-3-8-2-1-7-13-11(8)12(9)14(10)16/h1-7,10,14-15H. The van der Waals surface area contributed by atoms with Gasteiger partial charge in [-0.2, -0.15) is 0 Å². The molecule has 1 aromatic carbocycles. The average Bonchev–Trinajstić information content (AvgIpc) is 2.33. The molecule has 0 spiro atoms. The maximum Gasteiger partial charge on any atom is 0.213 e. The van der Waals surface area contributed by atoms with Gasteiger partial charge in [-0.3, -0.25) is 0 Å². The van der Waals surface area contributed by atoms with Crippen molar-refractivity contribution >= 4 is 22.7 Å². The van der Waals surface area contributed by atoms with E-state index < -0.39 is 6.23 Å². The first-order chi connectivity index (χ1) is 7.77. The summed E-state index contributed by atoms with van der Waals surface area (Å²) in [7, 11) is 0. The molecule has 4 nitrogen and oxygen atoms in total. The van der Waals surface area contributed by atoms with Gasteiger partial charge in [0.1, 0.15) is 5.52 Å². The van der Waals surface area contributed by atoms with E-state index in [9.17, 15) is 10.3 Å². The van der Waals surface area contributed by atoms with Crippen LogP contribution in [0.3, 0.4) is 0 Å². The lowest BCUT2D eigenvalue weighted by molar-refractivity contribution is -0.825. The molecular formula is C12H10N2O2. The van der Waals surface area contributed by atoms with Gasteiger partial charge in [-0.05, 0) is 18.2 Å². The van der Waals surface area contributed by atoms with E-state index in [-0.39, 0.29) is 5.06 Å². The summed E-state index contributed by atoms with van der Waals surface area (Å²) in [6.45, 7) is 0.